The van der Waals surface area contributed by atoms with Crippen LogP contribution in [-0.2, 0) is 4.74 Å². The van der Waals surface area contributed by atoms with Crippen molar-refractivity contribution < 1.29 is 9.84 Å². The van der Waals surface area contributed by atoms with Gasteiger partial charge in [0.25, 0.3) is 0 Å². The van der Waals surface area contributed by atoms with Crippen LogP contribution in [0.15, 0.2) is 16.6 Å². The van der Waals surface area contributed by atoms with Gasteiger partial charge in [-0.05, 0) is 35.0 Å². The fourth-order valence-corrected chi connectivity index (χ4v) is 1.85. The molecule has 0 aliphatic carbocycles. The van der Waals surface area contributed by atoms with Crippen molar-refractivity contribution in [2.75, 3.05) is 25.1 Å². The number of nitrogens with zero attached hydrogens (tertiary/aromatic N) is 1. The predicted molar refractivity (Wildman–Crippen MR) is 65.5 cm³/mol. The number of hydrogen-bond donors (Lipinski definition) is 2. The van der Waals surface area contributed by atoms with E-state index < -0.39 is 5.60 Å². The highest BCUT2D eigenvalue weighted by atomic mass is 79.9. The number of rotatable bonds is 3. The molecule has 5 heteroatoms. The molecular weight excluding hydrogens is 272 g/mol. The lowest BCUT2D eigenvalue weighted by molar-refractivity contribution is 0.0381. The van der Waals surface area contributed by atoms with Gasteiger partial charge in [0.15, 0.2) is 0 Å². The predicted octanol–water partition coefficient (Wildman–Crippen LogP) is 1.72. The first-order chi connectivity index (χ1) is 7.59. The molecule has 2 heterocycles. The SMILES string of the molecule is Cc1nc(NC[C@]2(O)CCOC2)ccc1Br. The average Bonchev–Trinajstić information content (AvgIpc) is 2.68. The Morgan fingerprint density at radius 2 is 2.44 bits per heavy atom. The van der Waals surface area contributed by atoms with Crippen LogP contribution in [-0.4, -0.2) is 35.5 Å². The molecule has 1 aliphatic rings. The minimum Gasteiger partial charge on any atom is -0.386 e. The van der Waals surface area contributed by atoms with Gasteiger partial charge in [0.2, 0.25) is 0 Å². The second-order valence-electron chi connectivity index (χ2n) is 4.14. The quantitative estimate of drug-likeness (QED) is 0.888. The lowest BCUT2D eigenvalue weighted by Crippen LogP contribution is -2.37. The van der Waals surface area contributed by atoms with E-state index >= 15 is 0 Å². The standard InChI is InChI=1S/C11H15BrN2O2/c1-8-9(12)2-3-10(14-8)13-6-11(15)4-5-16-7-11/h2-3,15H,4-7H2,1H3,(H,13,14)/t11-/m1/s1. The number of hydrogen-bond acceptors (Lipinski definition) is 4. The minimum atomic E-state index is -0.747. The second kappa shape index (κ2) is 4.69. The van der Waals surface area contributed by atoms with E-state index in [0.717, 1.165) is 16.0 Å². The number of halogens is 1. The number of anilines is 1. The minimum absolute atomic E-state index is 0.398. The Labute approximate surface area is 103 Å². The molecule has 1 aliphatic heterocycles. The number of aryl methyl sites for hydroxylation is 1. The summed E-state index contributed by atoms with van der Waals surface area (Å²) in [7, 11) is 0. The third-order valence-electron chi connectivity index (χ3n) is 2.70. The first-order valence-electron chi connectivity index (χ1n) is 5.26. The van der Waals surface area contributed by atoms with Gasteiger partial charge in [0.05, 0.1) is 12.3 Å². The van der Waals surface area contributed by atoms with E-state index in [1.165, 1.54) is 0 Å². The molecular formula is C11H15BrN2O2. The maximum absolute atomic E-state index is 10.1. The Morgan fingerprint density at radius 3 is 3.06 bits per heavy atom. The Balaban J connectivity index is 1.96. The van der Waals surface area contributed by atoms with Crippen molar-refractivity contribution in [3.63, 3.8) is 0 Å². The monoisotopic (exact) mass is 286 g/mol. The van der Waals surface area contributed by atoms with Gasteiger partial charge in [0, 0.05) is 24.0 Å². The summed E-state index contributed by atoms with van der Waals surface area (Å²) in [6.07, 6.45) is 0.676. The second-order valence-corrected chi connectivity index (χ2v) is 5.00. The van der Waals surface area contributed by atoms with Gasteiger partial charge in [0.1, 0.15) is 11.4 Å². The lowest BCUT2D eigenvalue weighted by Gasteiger charge is -2.21. The maximum atomic E-state index is 10.1. The molecule has 0 radical (unpaired) electrons. The van der Waals surface area contributed by atoms with Crippen molar-refractivity contribution >= 4 is 21.7 Å². The van der Waals surface area contributed by atoms with Crippen LogP contribution < -0.4 is 5.32 Å². The summed E-state index contributed by atoms with van der Waals surface area (Å²) >= 11 is 3.40. The molecule has 1 saturated heterocycles. The molecule has 0 amide bonds. The van der Waals surface area contributed by atoms with Crippen molar-refractivity contribution in [1.29, 1.82) is 0 Å². The molecule has 0 bridgehead atoms. The molecule has 0 spiro atoms. The van der Waals surface area contributed by atoms with E-state index in [2.05, 4.69) is 26.2 Å². The van der Waals surface area contributed by atoms with Crippen LogP contribution >= 0.6 is 15.9 Å². The highest BCUT2D eigenvalue weighted by Crippen LogP contribution is 2.20. The molecule has 0 unspecified atom stereocenters. The normalized spacial score (nSPS) is 24.7. The van der Waals surface area contributed by atoms with E-state index in [1.807, 2.05) is 19.1 Å². The highest BCUT2D eigenvalue weighted by molar-refractivity contribution is 9.10. The molecule has 0 aromatic carbocycles. The molecule has 16 heavy (non-hydrogen) atoms. The van der Waals surface area contributed by atoms with Crippen LogP contribution in [0.2, 0.25) is 0 Å². The zero-order valence-corrected chi connectivity index (χ0v) is 10.7. The van der Waals surface area contributed by atoms with Gasteiger partial charge in [-0.1, -0.05) is 0 Å². The first kappa shape index (κ1) is 11.8. The van der Waals surface area contributed by atoms with E-state index in [9.17, 15) is 5.11 Å². The zero-order chi connectivity index (χ0) is 11.6. The van der Waals surface area contributed by atoms with Gasteiger partial charge in [-0.2, -0.15) is 0 Å². The van der Waals surface area contributed by atoms with Crippen LogP contribution in [0.25, 0.3) is 0 Å². The van der Waals surface area contributed by atoms with Crippen LogP contribution in [0.1, 0.15) is 12.1 Å². The van der Waals surface area contributed by atoms with Crippen LogP contribution in [0.3, 0.4) is 0 Å². The van der Waals surface area contributed by atoms with E-state index in [4.69, 9.17) is 4.74 Å². The molecule has 1 atom stereocenters. The fraction of sp³-hybridized carbons (Fsp3) is 0.545. The fourth-order valence-electron chi connectivity index (χ4n) is 1.63. The van der Waals surface area contributed by atoms with E-state index in [0.29, 0.717) is 26.2 Å². The summed E-state index contributed by atoms with van der Waals surface area (Å²) in [5, 5.41) is 13.2. The molecule has 4 nitrogen and oxygen atoms in total. The number of aliphatic hydroxyl groups is 1. The van der Waals surface area contributed by atoms with Crippen molar-refractivity contribution in [3.05, 3.63) is 22.3 Å². The molecule has 1 aromatic heterocycles. The number of aromatic nitrogens is 1. The van der Waals surface area contributed by atoms with Crippen LogP contribution in [0, 0.1) is 6.92 Å². The Morgan fingerprint density at radius 1 is 1.62 bits per heavy atom. The summed E-state index contributed by atoms with van der Waals surface area (Å²) < 4.78 is 6.16. The highest BCUT2D eigenvalue weighted by Gasteiger charge is 2.31. The molecule has 2 rings (SSSR count). The summed E-state index contributed by atoms with van der Waals surface area (Å²) in [5.41, 5.74) is 0.183. The number of ether oxygens (including phenoxy) is 1. The number of pyridine rings is 1. The summed E-state index contributed by atoms with van der Waals surface area (Å²) in [5.74, 6) is 0.779. The van der Waals surface area contributed by atoms with E-state index in [-0.39, 0.29) is 0 Å². The zero-order valence-electron chi connectivity index (χ0n) is 9.16. The van der Waals surface area contributed by atoms with Gasteiger partial charge < -0.3 is 15.2 Å². The van der Waals surface area contributed by atoms with Crippen molar-refractivity contribution in [2.24, 2.45) is 0 Å². The van der Waals surface area contributed by atoms with Gasteiger partial charge >= 0.3 is 0 Å². The van der Waals surface area contributed by atoms with Crippen LogP contribution in [0.4, 0.5) is 5.82 Å². The Hall–Kier alpha value is -0.650. The van der Waals surface area contributed by atoms with Crippen molar-refractivity contribution in [2.45, 2.75) is 18.9 Å². The third-order valence-corrected chi connectivity index (χ3v) is 3.54. The third kappa shape index (κ3) is 2.72. The molecule has 1 fully saturated rings. The molecule has 88 valence electrons. The summed E-state index contributed by atoms with van der Waals surface area (Å²) in [6.45, 7) is 3.43. The van der Waals surface area contributed by atoms with E-state index in [1.54, 1.807) is 0 Å². The lowest BCUT2D eigenvalue weighted by atomic mass is 10.0. The molecule has 1 aromatic rings. The molecule has 0 saturated carbocycles. The average molecular weight is 287 g/mol. The van der Waals surface area contributed by atoms with Gasteiger partial charge in [-0.25, -0.2) is 4.98 Å². The number of nitrogens with one attached hydrogen (secondary N) is 1. The Bertz CT molecular complexity index is 378. The van der Waals surface area contributed by atoms with Crippen molar-refractivity contribution in [1.82, 2.24) is 4.98 Å². The van der Waals surface area contributed by atoms with Crippen LogP contribution in [0.5, 0.6) is 0 Å². The topological polar surface area (TPSA) is 54.4 Å². The maximum Gasteiger partial charge on any atom is 0.126 e. The Kier molecular flexibility index (Phi) is 3.47. The summed E-state index contributed by atoms with van der Waals surface area (Å²) in [4.78, 5) is 4.35. The van der Waals surface area contributed by atoms with Gasteiger partial charge in [-0.15, -0.1) is 0 Å². The summed E-state index contributed by atoms with van der Waals surface area (Å²) in [6, 6.07) is 3.83. The smallest absolute Gasteiger partial charge is 0.126 e. The largest absolute Gasteiger partial charge is 0.386 e. The first-order valence-corrected chi connectivity index (χ1v) is 6.06. The molecule has 2 N–H and O–H groups in total. The van der Waals surface area contributed by atoms with Gasteiger partial charge in [-0.3, -0.25) is 0 Å². The van der Waals surface area contributed by atoms with Crippen molar-refractivity contribution in [3.8, 4) is 0 Å².